The summed E-state index contributed by atoms with van der Waals surface area (Å²) in [6, 6.07) is 9.52. The zero-order valence-corrected chi connectivity index (χ0v) is 15.4. The lowest BCUT2D eigenvalue weighted by atomic mass is 10.1. The highest BCUT2D eigenvalue weighted by atomic mass is 79.9. The van der Waals surface area contributed by atoms with Crippen LogP contribution in [0.15, 0.2) is 52.6 Å². The molecule has 3 heterocycles. The van der Waals surface area contributed by atoms with Gasteiger partial charge in [0.15, 0.2) is 11.5 Å². The molecule has 0 saturated heterocycles. The van der Waals surface area contributed by atoms with Gasteiger partial charge in [-0.1, -0.05) is 15.9 Å². The Balaban J connectivity index is 1.46. The van der Waals surface area contributed by atoms with Crippen molar-refractivity contribution in [3.05, 3.63) is 58.1 Å². The number of carbonyl (C=O) groups excluding carboxylic acids is 1. The predicted molar refractivity (Wildman–Crippen MR) is 100 cm³/mol. The van der Waals surface area contributed by atoms with E-state index >= 15 is 0 Å². The lowest BCUT2D eigenvalue weighted by molar-refractivity contribution is -0.115. The van der Waals surface area contributed by atoms with E-state index in [0.29, 0.717) is 11.5 Å². The fourth-order valence-electron chi connectivity index (χ4n) is 2.55. The third kappa shape index (κ3) is 3.52. The van der Waals surface area contributed by atoms with Crippen LogP contribution in [-0.2, 0) is 11.2 Å². The lowest BCUT2D eigenvalue weighted by Gasteiger charge is -2.06. The largest absolute Gasteiger partial charge is 0.454 e. The number of ether oxygens (including phenoxy) is 2. The average molecular weight is 417 g/mol. The van der Waals surface area contributed by atoms with Gasteiger partial charge in [-0.2, -0.15) is 0 Å². The van der Waals surface area contributed by atoms with Gasteiger partial charge in [-0.25, -0.2) is 0 Å². The number of benzene rings is 1. The number of halogens is 1. The second-order valence-corrected chi connectivity index (χ2v) is 7.22. The molecule has 0 bridgehead atoms. The van der Waals surface area contributed by atoms with Gasteiger partial charge in [0.25, 0.3) is 0 Å². The zero-order valence-electron chi connectivity index (χ0n) is 13.0. The summed E-state index contributed by atoms with van der Waals surface area (Å²) < 4.78 is 11.5. The molecule has 5 nitrogen and oxygen atoms in total. The highest BCUT2D eigenvalue weighted by Gasteiger charge is 2.18. The van der Waals surface area contributed by atoms with Crippen LogP contribution < -0.4 is 14.8 Å². The number of fused-ring (bicyclic) bond motifs is 1. The molecule has 0 radical (unpaired) electrons. The molecule has 0 spiro atoms. The van der Waals surface area contributed by atoms with E-state index in [2.05, 4.69) is 26.2 Å². The summed E-state index contributed by atoms with van der Waals surface area (Å²) in [6.45, 7) is 0.213. The van der Waals surface area contributed by atoms with Crippen LogP contribution in [0.1, 0.15) is 5.56 Å². The maximum Gasteiger partial charge on any atom is 0.231 e. The van der Waals surface area contributed by atoms with Gasteiger partial charge in [-0.3, -0.25) is 9.78 Å². The number of amides is 1. The first-order valence-corrected chi connectivity index (χ1v) is 9.23. The van der Waals surface area contributed by atoms with E-state index in [4.69, 9.17) is 9.47 Å². The minimum Gasteiger partial charge on any atom is -0.454 e. The molecular formula is C18H13BrN2O3S. The van der Waals surface area contributed by atoms with Gasteiger partial charge in [0.05, 0.1) is 11.4 Å². The first kappa shape index (κ1) is 16.1. The molecule has 0 fully saturated rings. The van der Waals surface area contributed by atoms with E-state index in [-0.39, 0.29) is 19.1 Å². The summed E-state index contributed by atoms with van der Waals surface area (Å²) in [5.74, 6) is 1.28. The lowest BCUT2D eigenvalue weighted by Crippen LogP contribution is -2.13. The number of thiophene rings is 1. The molecule has 0 aliphatic carbocycles. The van der Waals surface area contributed by atoms with Gasteiger partial charge < -0.3 is 14.8 Å². The van der Waals surface area contributed by atoms with Crippen molar-refractivity contribution >= 4 is 38.2 Å². The highest BCUT2D eigenvalue weighted by molar-refractivity contribution is 9.10. The Kier molecular flexibility index (Phi) is 4.42. The molecule has 126 valence electrons. The van der Waals surface area contributed by atoms with E-state index in [1.54, 1.807) is 12.4 Å². The van der Waals surface area contributed by atoms with Crippen LogP contribution in [0.25, 0.3) is 11.1 Å². The Morgan fingerprint density at radius 3 is 2.72 bits per heavy atom. The molecule has 1 aliphatic heterocycles. The SMILES string of the molecule is O=C(Cc1cc2c(cc1Br)OCO2)Nc1cc(-c2ccncc2)cs1. The van der Waals surface area contributed by atoms with Crippen LogP contribution in [0.4, 0.5) is 5.00 Å². The van der Waals surface area contributed by atoms with Crippen LogP contribution in [0.3, 0.4) is 0 Å². The molecule has 1 aliphatic rings. The first-order chi connectivity index (χ1) is 12.2. The molecule has 0 unspecified atom stereocenters. The van der Waals surface area contributed by atoms with E-state index in [1.807, 2.05) is 35.7 Å². The molecule has 0 saturated carbocycles. The van der Waals surface area contributed by atoms with Gasteiger partial charge in [0, 0.05) is 22.2 Å². The summed E-state index contributed by atoms with van der Waals surface area (Å²) >= 11 is 4.98. The minimum atomic E-state index is -0.0808. The Morgan fingerprint density at radius 1 is 1.16 bits per heavy atom. The van der Waals surface area contributed by atoms with Crippen molar-refractivity contribution < 1.29 is 14.3 Å². The van der Waals surface area contributed by atoms with Crippen molar-refractivity contribution in [2.75, 3.05) is 12.1 Å². The molecular weight excluding hydrogens is 404 g/mol. The van der Waals surface area contributed by atoms with Crippen molar-refractivity contribution in [3.8, 4) is 22.6 Å². The Bertz CT molecular complexity index is 927. The van der Waals surface area contributed by atoms with Crippen LogP contribution in [0.2, 0.25) is 0 Å². The summed E-state index contributed by atoms with van der Waals surface area (Å²) in [4.78, 5) is 16.4. The molecule has 1 N–H and O–H groups in total. The molecule has 2 aromatic heterocycles. The van der Waals surface area contributed by atoms with Crippen LogP contribution >= 0.6 is 27.3 Å². The Labute approximate surface area is 156 Å². The number of rotatable bonds is 4. The summed E-state index contributed by atoms with van der Waals surface area (Å²) in [5, 5.41) is 5.78. The predicted octanol–water partition coefficient (Wildman–Crippen LogP) is 4.48. The van der Waals surface area contributed by atoms with E-state index in [9.17, 15) is 4.79 Å². The Hall–Kier alpha value is -2.38. The number of hydrogen-bond donors (Lipinski definition) is 1. The standard InChI is InChI=1S/C18H13BrN2O3S/c19-14-8-16-15(23-10-24-16)5-12(14)6-17(22)21-18-7-13(9-25-18)11-1-3-20-4-2-11/h1-5,7-9H,6,10H2,(H,21,22). The van der Waals surface area contributed by atoms with Gasteiger partial charge in [0.2, 0.25) is 12.7 Å². The molecule has 7 heteroatoms. The minimum absolute atomic E-state index is 0.0808. The number of nitrogens with zero attached hydrogens (tertiary/aromatic N) is 1. The number of anilines is 1. The molecule has 1 amide bonds. The van der Waals surface area contributed by atoms with E-state index < -0.39 is 0 Å². The second kappa shape index (κ2) is 6.85. The Morgan fingerprint density at radius 2 is 1.92 bits per heavy atom. The summed E-state index contributed by atoms with van der Waals surface area (Å²) in [5.41, 5.74) is 2.99. The van der Waals surface area contributed by atoms with Gasteiger partial charge in [0.1, 0.15) is 0 Å². The van der Waals surface area contributed by atoms with Crippen molar-refractivity contribution in [2.24, 2.45) is 0 Å². The number of aromatic nitrogens is 1. The van der Waals surface area contributed by atoms with Crippen LogP contribution in [0, 0.1) is 0 Å². The van der Waals surface area contributed by atoms with Gasteiger partial charge in [-0.05, 0) is 47.0 Å². The monoisotopic (exact) mass is 416 g/mol. The molecule has 0 atom stereocenters. The summed E-state index contributed by atoms with van der Waals surface area (Å²) in [6.07, 6.45) is 3.75. The van der Waals surface area contributed by atoms with Crippen LogP contribution in [0.5, 0.6) is 11.5 Å². The maximum absolute atomic E-state index is 12.4. The van der Waals surface area contributed by atoms with Crippen molar-refractivity contribution in [1.82, 2.24) is 4.98 Å². The van der Waals surface area contributed by atoms with Crippen LogP contribution in [-0.4, -0.2) is 17.7 Å². The number of carbonyl (C=O) groups is 1. The third-order valence-corrected chi connectivity index (χ3v) is 5.35. The molecule has 25 heavy (non-hydrogen) atoms. The fraction of sp³-hybridized carbons (Fsp3) is 0.111. The maximum atomic E-state index is 12.4. The van der Waals surface area contributed by atoms with Crippen molar-refractivity contribution in [3.63, 3.8) is 0 Å². The van der Waals surface area contributed by atoms with E-state index in [0.717, 1.165) is 26.2 Å². The highest BCUT2D eigenvalue weighted by Crippen LogP contribution is 2.37. The smallest absolute Gasteiger partial charge is 0.231 e. The molecule has 1 aromatic carbocycles. The van der Waals surface area contributed by atoms with Crippen molar-refractivity contribution in [2.45, 2.75) is 6.42 Å². The number of hydrogen-bond acceptors (Lipinski definition) is 5. The zero-order chi connectivity index (χ0) is 17.2. The number of nitrogens with one attached hydrogen (secondary N) is 1. The fourth-order valence-corrected chi connectivity index (χ4v) is 3.84. The van der Waals surface area contributed by atoms with Gasteiger partial charge >= 0.3 is 0 Å². The summed E-state index contributed by atoms with van der Waals surface area (Å²) in [7, 11) is 0. The molecule has 4 rings (SSSR count). The van der Waals surface area contributed by atoms with Crippen molar-refractivity contribution in [1.29, 1.82) is 0 Å². The van der Waals surface area contributed by atoms with E-state index in [1.165, 1.54) is 11.3 Å². The quantitative estimate of drug-likeness (QED) is 0.680. The first-order valence-electron chi connectivity index (χ1n) is 7.56. The second-order valence-electron chi connectivity index (χ2n) is 5.46. The topological polar surface area (TPSA) is 60.5 Å². The normalized spacial score (nSPS) is 12.2. The third-order valence-electron chi connectivity index (χ3n) is 3.77. The van der Waals surface area contributed by atoms with Gasteiger partial charge in [-0.15, -0.1) is 11.3 Å². The average Bonchev–Trinajstić information content (AvgIpc) is 3.25. The number of pyridine rings is 1. The molecule has 3 aromatic rings.